The van der Waals surface area contributed by atoms with Crippen LogP contribution in [0.4, 0.5) is 24.5 Å². The Bertz CT molecular complexity index is 1500. The molecule has 0 aliphatic carbocycles. The summed E-state index contributed by atoms with van der Waals surface area (Å²) >= 11 is 0. The van der Waals surface area contributed by atoms with E-state index in [0.717, 1.165) is 49.3 Å². The van der Waals surface area contributed by atoms with E-state index in [-0.39, 0.29) is 11.8 Å². The van der Waals surface area contributed by atoms with Crippen LogP contribution < -0.4 is 15.5 Å². The number of amides is 2. The Kier molecular flexibility index (Phi) is 8.91. The first-order valence-corrected chi connectivity index (χ1v) is 14.0. The Balaban J connectivity index is 1.14. The standard InChI is InChI=1S/C34H32F3N3O2/c35-34(36,37)27-12-10-26(11-13-27)30-8-4-5-9-31(30)33(42)39-28-14-16-29(17-15-28)40-20-18-24(19-21-40)22-32(41)38-23-25-6-2-1-3-7-25/h1-17,24H,18-23H2,(H,38,41)(H,39,42). The van der Waals surface area contributed by atoms with E-state index in [1.54, 1.807) is 24.3 Å². The number of carbonyl (C=O) groups is 2. The summed E-state index contributed by atoms with van der Waals surface area (Å²) in [5.74, 6) is 0.0854. The van der Waals surface area contributed by atoms with Crippen molar-refractivity contribution >= 4 is 23.2 Å². The summed E-state index contributed by atoms with van der Waals surface area (Å²) in [5.41, 5.74) is 3.47. The van der Waals surface area contributed by atoms with E-state index in [4.69, 9.17) is 0 Å². The third-order valence-corrected chi connectivity index (χ3v) is 7.61. The van der Waals surface area contributed by atoms with E-state index < -0.39 is 11.7 Å². The lowest BCUT2D eigenvalue weighted by Crippen LogP contribution is -2.35. The highest BCUT2D eigenvalue weighted by Crippen LogP contribution is 2.32. The molecule has 0 unspecified atom stereocenters. The maximum Gasteiger partial charge on any atom is 0.416 e. The molecule has 0 spiro atoms. The van der Waals surface area contributed by atoms with Crippen molar-refractivity contribution in [1.82, 2.24) is 5.32 Å². The Morgan fingerprint density at radius 1 is 0.786 bits per heavy atom. The minimum atomic E-state index is -4.42. The van der Waals surface area contributed by atoms with E-state index in [9.17, 15) is 22.8 Å². The van der Waals surface area contributed by atoms with Gasteiger partial charge in [-0.05, 0) is 77.9 Å². The van der Waals surface area contributed by atoms with Gasteiger partial charge in [-0.1, -0.05) is 60.7 Å². The van der Waals surface area contributed by atoms with Crippen molar-refractivity contribution < 1.29 is 22.8 Å². The highest BCUT2D eigenvalue weighted by molar-refractivity contribution is 6.08. The van der Waals surface area contributed by atoms with Crippen LogP contribution in [0.3, 0.4) is 0 Å². The minimum absolute atomic E-state index is 0.0808. The zero-order chi connectivity index (χ0) is 29.5. The van der Waals surface area contributed by atoms with Gasteiger partial charge in [0.1, 0.15) is 0 Å². The van der Waals surface area contributed by atoms with Crippen LogP contribution in [0.2, 0.25) is 0 Å². The minimum Gasteiger partial charge on any atom is -0.372 e. The smallest absolute Gasteiger partial charge is 0.372 e. The summed E-state index contributed by atoms with van der Waals surface area (Å²) in [5, 5.41) is 5.92. The number of piperidine rings is 1. The molecule has 0 saturated carbocycles. The Morgan fingerprint density at radius 3 is 2.10 bits per heavy atom. The quantitative estimate of drug-likeness (QED) is 0.230. The van der Waals surface area contributed by atoms with Crippen LogP contribution in [-0.4, -0.2) is 24.9 Å². The number of benzene rings is 4. The van der Waals surface area contributed by atoms with Crippen LogP contribution >= 0.6 is 0 Å². The summed E-state index contributed by atoms with van der Waals surface area (Å²) in [7, 11) is 0. The molecule has 8 heteroatoms. The number of nitrogens with one attached hydrogen (secondary N) is 2. The summed E-state index contributed by atoms with van der Waals surface area (Å²) in [6, 6.07) is 29.1. The molecule has 1 aliphatic heterocycles. The average Bonchev–Trinajstić information content (AvgIpc) is 3.01. The van der Waals surface area contributed by atoms with Crippen molar-refractivity contribution in [2.45, 2.75) is 32.0 Å². The van der Waals surface area contributed by atoms with Crippen LogP contribution in [-0.2, 0) is 17.5 Å². The van der Waals surface area contributed by atoms with Gasteiger partial charge in [0.05, 0.1) is 5.56 Å². The number of hydrogen-bond acceptors (Lipinski definition) is 3. The molecule has 0 bridgehead atoms. The maximum atomic E-state index is 13.1. The van der Waals surface area contributed by atoms with Crippen molar-refractivity contribution in [2.75, 3.05) is 23.3 Å². The average molecular weight is 572 g/mol. The number of nitrogens with zero attached hydrogens (tertiary/aromatic N) is 1. The molecule has 4 aromatic rings. The number of carbonyl (C=O) groups excluding carboxylic acids is 2. The lowest BCUT2D eigenvalue weighted by atomic mass is 9.93. The number of halogens is 3. The molecule has 0 aromatic heterocycles. The van der Waals surface area contributed by atoms with Crippen molar-refractivity contribution in [1.29, 1.82) is 0 Å². The third kappa shape index (κ3) is 7.37. The predicted molar refractivity (Wildman–Crippen MR) is 159 cm³/mol. The molecule has 1 aliphatic rings. The van der Waals surface area contributed by atoms with Gasteiger partial charge in [0.25, 0.3) is 5.91 Å². The van der Waals surface area contributed by atoms with Crippen LogP contribution in [0.15, 0.2) is 103 Å². The molecule has 4 aromatic carbocycles. The second-order valence-corrected chi connectivity index (χ2v) is 10.5. The molecule has 42 heavy (non-hydrogen) atoms. The van der Waals surface area contributed by atoms with Crippen LogP contribution in [0.25, 0.3) is 11.1 Å². The van der Waals surface area contributed by atoms with E-state index in [1.165, 1.54) is 12.1 Å². The Morgan fingerprint density at radius 2 is 1.43 bits per heavy atom. The normalized spacial score (nSPS) is 13.9. The van der Waals surface area contributed by atoms with Gasteiger partial charge in [-0.3, -0.25) is 9.59 Å². The van der Waals surface area contributed by atoms with Gasteiger partial charge < -0.3 is 15.5 Å². The topological polar surface area (TPSA) is 61.4 Å². The van der Waals surface area contributed by atoms with Gasteiger partial charge in [0.2, 0.25) is 5.91 Å². The number of alkyl halides is 3. The largest absolute Gasteiger partial charge is 0.416 e. The molecule has 1 heterocycles. The number of anilines is 2. The van der Waals surface area contributed by atoms with E-state index in [2.05, 4.69) is 15.5 Å². The fourth-order valence-electron chi connectivity index (χ4n) is 5.25. The fourth-order valence-corrected chi connectivity index (χ4v) is 5.25. The molecule has 5 rings (SSSR count). The van der Waals surface area contributed by atoms with Gasteiger partial charge in [-0.15, -0.1) is 0 Å². The number of rotatable bonds is 8. The molecule has 216 valence electrons. The zero-order valence-corrected chi connectivity index (χ0v) is 23.0. The van der Waals surface area contributed by atoms with Crippen molar-refractivity contribution in [3.63, 3.8) is 0 Å². The van der Waals surface area contributed by atoms with E-state index in [1.807, 2.05) is 54.6 Å². The van der Waals surface area contributed by atoms with Gasteiger partial charge in [-0.25, -0.2) is 0 Å². The van der Waals surface area contributed by atoms with Gasteiger partial charge in [0, 0.05) is 43.0 Å². The zero-order valence-electron chi connectivity index (χ0n) is 23.0. The van der Waals surface area contributed by atoms with E-state index in [0.29, 0.717) is 41.3 Å². The Labute approximate surface area is 243 Å². The van der Waals surface area contributed by atoms with Crippen LogP contribution in [0.5, 0.6) is 0 Å². The van der Waals surface area contributed by atoms with Gasteiger partial charge in [-0.2, -0.15) is 13.2 Å². The molecule has 2 amide bonds. The summed E-state index contributed by atoms with van der Waals surface area (Å²) < 4.78 is 38.9. The molecule has 5 nitrogen and oxygen atoms in total. The first-order valence-electron chi connectivity index (χ1n) is 14.0. The third-order valence-electron chi connectivity index (χ3n) is 7.61. The molecule has 0 atom stereocenters. The van der Waals surface area contributed by atoms with Crippen molar-refractivity contribution in [2.24, 2.45) is 5.92 Å². The summed E-state index contributed by atoms with van der Waals surface area (Å²) in [6.07, 6.45) is -2.04. The van der Waals surface area contributed by atoms with E-state index >= 15 is 0 Å². The molecule has 1 fully saturated rings. The molecular formula is C34H32F3N3O2. The first-order chi connectivity index (χ1) is 20.3. The molecule has 1 saturated heterocycles. The van der Waals surface area contributed by atoms with Crippen LogP contribution in [0, 0.1) is 5.92 Å². The molecule has 2 N–H and O–H groups in total. The van der Waals surface area contributed by atoms with Crippen molar-refractivity contribution in [3.05, 3.63) is 120 Å². The monoisotopic (exact) mass is 571 g/mol. The second kappa shape index (κ2) is 12.9. The molecular weight excluding hydrogens is 539 g/mol. The summed E-state index contributed by atoms with van der Waals surface area (Å²) in [6.45, 7) is 2.24. The number of hydrogen-bond donors (Lipinski definition) is 2. The highest BCUT2D eigenvalue weighted by Gasteiger charge is 2.30. The lowest BCUT2D eigenvalue weighted by Gasteiger charge is -2.33. The Hall–Kier alpha value is -4.59. The predicted octanol–water partition coefficient (Wildman–Crippen LogP) is 7.55. The van der Waals surface area contributed by atoms with Crippen molar-refractivity contribution in [3.8, 4) is 11.1 Å². The van der Waals surface area contributed by atoms with Gasteiger partial charge >= 0.3 is 6.18 Å². The molecule has 0 radical (unpaired) electrons. The summed E-state index contributed by atoms with van der Waals surface area (Å²) in [4.78, 5) is 27.8. The maximum absolute atomic E-state index is 13.1. The SMILES string of the molecule is O=C(CC1CCN(c2ccc(NC(=O)c3ccccc3-c3ccc(C(F)(F)F)cc3)cc2)CC1)NCc1ccccc1. The van der Waals surface area contributed by atoms with Gasteiger partial charge in [0.15, 0.2) is 0 Å². The highest BCUT2D eigenvalue weighted by atomic mass is 19.4. The van der Waals surface area contributed by atoms with Crippen LogP contribution in [0.1, 0.15) is 40.7 Å². The first kappa shape index (κ1) is 28.9. The lowest BCUT2D eigenvalue weighted by molar-refractivity contribution is -0.137. The second-order valence-electron chi connectivity index (χ2n) is 10.5. The fraction of sp³-hybridized carbons (Fsp3) is 0.235.